The predicted molar refractivity (Wildman–Crippen MR) is 78.9 cm³/mol. The van der Waals surface area contributed by atoms with Gasteiger partial charge in [0.25, 0.3) is 5.91 Å². The molecule has 3 rings (SSSR count). The van der Waals surface area contributed by atoms with Gasteiger partial charge in [0.2, 0.25) is 0 Å². The number of nitrogens with zero attached hydrogens (tertiary/aromatic N) is 2. The van der Waals surface area contributed by atoms with Crippen molar-refractivity contribution < 1.29 is 4.79 Å². The first kappa shape index (κ1) is 12.9. The van der Waals surface area contributed by atoms with Gasteiger partial charge in [-0.15, -0.1) is 0 Å². The van der Waals surface area contributed by atoms with Crippen molar-refractivity contribution in [1.29, 1.82) is 0 Å². The Morgan fingerprint density at radius 1 is 1.25 bits per heavy atom. The van der Waals surface area contributed by atoms with Crippen LogP contribution in [0.3, 0.4) is 0 Å². The average Bonchev–Trinajstić information content (AvgIpc) is 3.11. The van der Waals surface area contributed by atoms with Crippen LogP contribution in [0.25, 0.3) is 0 Å². The van der Waals surface area contributed by atoms with Crippen molar-refractivity contribution in [2.75, 3.05) is 5.32 Å². The van der Waals surface area contributed by atoms with E-state index in [1.165, 1.54) is 25.7 Å². The summed E-state index contributed by atoms with van der Waals surface area (Å²) in [6.45, 7) is 1.98. The van der Waals surface area contributed by atoms with Crippen molar-refractivity contribution in [2.24, 2.45) is 0 Å². The molecular formula is C16H19N3O. The number of carbonyl (C=O) groups is 1. The fourth-order valence-electron chi connectivity index (χ4n) is 2.73. The minimum atomic E-state index is -0.143. The molecule has 1 saturated carbocycles. The van der Waals surface area contributed by atoms with E-state index in [2.05, 4.69) is 10.4 Å². The van der Waals surface area contributed by atoms with Crippen LogP contribution in [0.15, 0.2) is 36.5 Å². The Hall–Kier alpha value is -2.10. The normalized spacial score (nSPS) is 15.4. The van der Waals surface area contributed by atoms with E-state index >= 15 is 0 Å². The Kier molecular flexibility index (Phi) is 3.54. The van der Waals surface area contributed by atoms with Crippen LogP contribution in [-0.4, -0.2) is 15.7 Å². The minimum absolute atomic E-state index is 0.143. The van der Waals surface area contributed by atoms with Gasteiger partial charge in [-0.1, -0.05) is 31.0 Å². The van der Waals surface area contributed by atoms with E-state index < -0.39 is 0 Å². The molecule has 0 radical (unpaired) electrons. The van der Waals surface area contributed by atoms with Crippen molar-refractivity contribution in [3.05, 3.63) is 47.8 Å². The van der Waals surface area contributed by atoms with Gasteiger partial charge in [-0.05, 0) is 37.5 Å². The van der Waals surface area contributed by atoms with Crippen molar-refractivity contribution in [2.45, 2.75) is 38.6 Å². The molecule has 1 aromatic carbocycles. The second kappa shape index (κ2) is 5.49. The maximum Gasteiger partial charge on any atom is 0.276 e. The maximum absolute atomic E-state index is 12.2. The standard InChI is InChI=1S/C16H19N3O/c1-12-6-2-5-9-14(12)17-16(20)15-10-11-19(18-15)13-7-3-4-8-13/h2,5-6,9-11,13H,3-4,7-8H2,1H3,(H,17,20). The van der Waals surface area contributed by atoms with E-state index in [0.29, 0.717) is 11.7 Å². The van der Waals surface area contributed by atoms with E-state index in [-0.39, 0.29) is 5.91 Å². The zero-order chi connectivity index (χ0) is 13.9. The van der Waals surface area contributed by atoms with Crippen molar-refractivity contribution in [1.82, 2.24) is 9.78 Å². The van der Waals surface area contributed by atoms with Gasteiger partial charge in [0, 0.05) is 11.9 Å². The van der Waals surface area contributed by atoms with Gasteiger partial charge in [0.15, 0.2) is 5.69 Å². The van der Waals surface area contributed by atoms with Gasteiger partial charge in [0.05, 0.1) is 6.04 Å². The summed E-state index contributed by atoms with van der Waals surface area (Å²) in [5.74, 6) is -0.143. The quantitative estimate of drug-likeness (QED) is 0.926. The molecule has 1 amide bonds. The van der Waals surface area contributed by atoms with Crippen LogP contribution in [-0.2, 0) is 0 Å². The smallest absolute Gasteiger partial charge is 0.276 e. The van der Waals surface area contributed by atoms with E-state index in [9.17, 15) is 4.79 Å². The molecule has 0 aliphatic heterocycles. The number of carbonyl (C=O) groups excluding carboxylic acids is 1. The summed E-state index contributed by atoms with van der Waals surface area (Å²) < 4.78 is 1.94. The summed E-state index contributed by atoms with van der Waals surface area (Å²) >= 11 is 0. The molecule has 0 unspecified atom stereocenters. The van der Waals surface area contributed by atoms with Gasteiger partial charge in [-0.25, -0.2) is 0 Å². The molecule has 0 atom stereocenters. The first-order chi connectivity index (χ1) is 9.74. The Bertz CT molecular complexity index is 612. The molecule has 1 aliphatic rings. The Morgan fingerprint density at radius 3 is 2.75 bits per heavy atom. The van der Waals surface area contributed by atoms with E-state index in [0.717, 1.165) is 11.3 Å². The van der Waals surface area contributed by atoms with Gasteiger partial charge in [0.1, 0.15) is 0 Å². The number of aromatic nitrogens is 2. The van der Waals surface area contributed by atoms with Gasteiger partial charge in [-0.2, -0.15) is 5.10 Å². The zero-order valence-electron chi connectivity index (χ0n) is 11.7. The number of para-hydroxylation sites is 1. The second-order valence-corrected chi connectivity index (χ2v) is 5.39. The highest BCUT2D eigenvalue weighted by molar-refractivity contribution is 6.03. The summed E-state index contributed by atoms with van der Waals surface area (Å²) in [6, 6.07) is 10.0. The van der Waals surface area contributed by atoms with Gasteiger partial charge < -0.3 is 5.32 Å². The van der Waals surface area contributed by atoms with Gasteiger partial charge in [-0.3, -0.25) is 9.48 Å². The molecule has 1 aromatic heterocycles. The fourth-order valence-corrected chi connectivity index (χ4v) is 2.73. The number of nitrogens with one attached hydrogen (secondary N) is 1. The summed E-state index contributed by atoms with van der Waals surface area (Å²) in [4.78, 5) is 12.2. The molecule has 0 bridgehead atoms. The second-order valence-electron chi connectivity index (χ2n) is 5.39. The number of anilines is 1. The van der Waals surface area contributed by atoms with Gasteiger partial charge >= 0.3 is 0 Å². The number of amides is 1. The summed E-state index contributed by atoms with van der Waals surface area (Å²) in [5, 5.41) is 7.34. The SMILES string of the molecule is Cc1ccccc1NC(=O)c1ccn(C2CCCC2)n1. The lowest BCUT2D eigenvalue weighted by atomic mass is 10.2. The highest BCUT2D eigenvalue weighted by Gasteiger charge is 2.19. The third-order valence-corrected chi connectivity index (χ3v) is 3.93. The van der Waals surface area contributed by atoms with E-state index in [1.807, 2.05) is 42.1 Å². The molecule has 104 valence electrons. The van der Waals surface area contributed by atoms with Crippen LogP contribution in [0.5, 0.6) is 0 Å². The van der Waals surface area contributed by atoms with Crippen molar-refractivity contribution in [3.8, 4) is 0 Å². The lowest BCUT2D eigenvalue weighted by Crippen LogP contribution is -2.15. The molecule has 0 saturated heterocycles. The average molecular weight is 269 g/mol. The van der Waals surface area contributed by atoms with Crippen LogP contribution in [0.1, 0.15) is 47.8 Å². The lowest BCUT2D eigenvalue weighted by molar-refractivity contribution is 0.102. The molecule has 1 N–H and O–H groups in total. The molecular weight excluding hydrogens is 250 g/mol. The topological polar surface area (TPSA) is 46.9 Å². The monoisotopic (exact) mass is 269 g/mol. The molecule has 0 spiro atoms. The molecule has 20 heavy (non-hydrogen) atoms. The van der Waals surface area contributed by atoms with Crippen LogP contribution >= 0.6 is 0 Å². The first-order valence-electron chi connectivity index (χ1n) is 7.16. The van der Waals surface area contributed by atoms with Crippen LogP contribution < -0.4 is 5.32 Å². The number of aryl methyl sites for hydroxylation is 1. The minimum Gasteiger partial charge on any atom is -0.320 e. The predicted octanol–water partition coefficient (Wildman–Crippen LogP) is 3.56. The number of hydrogen-bond donors (Lipinski definition) is 1. The molecule has 4 heteroatoms. The third kappa shape index (κ3) is 2.59. The molecule has 1 fully saturated rings. The van der Waals surface area contributed by atoms with Crippen molar-refractivity contribution in [3.63, 3.8) is 0 Å². The highest BCUT2D eigenvalue weighted by atomic mass is 16.1. The zero-order valence-corrected chi connectivity index (χ0v) is 11.7. The summed E-state index contributed by atoms with van der Waals surface area (Å²) in [6.07, 6.45) is 6.77. The highest BCUT2D eigenvalue weighted by Crippen LogP contribution is 2.28. The summed E-state index contributed by atoms with van der Waals surface area (Å²) in [7, 11) is 0. The molecule has 4 nitrogen and oxygen atoms in total. The lowest BCUT2D eigenvalue weighted by Gasteiger charge is -2.09. The Morgan fingerprint density at radius 2 is 2.00 bits per heavy atom. The Balaban J connectivity index is 1.73. The maximum atomic E-state index is 12.2. The van der Waals surface area contributed by atoms with Crippen molar-refractivity contribution >= 4 is 11.6 Å². The molecule has 1 aliphatic carbocycles. The fraction of sp³-hybridized carbons (Fsp3) is 0.375. The summed E-state index contributed by atoms with van der Waals surface area (Å²) in [5.41, 5.74) is 2.38. The van der Waals surface area contributed by atoms with Crippen LogP contribution in [0, 0.1) is 6.92 Å². The first-order valence-corrected chi connectivity index (χ1v) is 7.16. The van der Waals surface area contributed by atoms with Crippen LogP contribution in [0.2, 0.25) is 0 Å². The number of benzene rings is 1. The molecule has 2 aromatic rings. The molecule has 1 heterocycles. The van der Waals surface area contributed by atoms with Crippen LogP contribution in [0.4, 0.5) is 5.69 Å². The number of hydrogen-bond acceptors (Lipinski definition) is 2. The largest absolute Gasteiger partial charge is 0.320 e. The van der Waals surface area contributed by atoms with E-state index in [1.54, 1.807) is 6.07 Å². The van der Waals surface area contributed by atoms with E-state index in [4.69, 9.17) is 0 Å². The third-order valence-electron chi connectivity index (χ3n) is 3.93. The number of rotatable bonds is 3. The Labute approximate surface area is 118 Å².